The number of hydrogen-bond acceptors (Lipinski definition) is 4. The number of aryl methyl sites for hydroxylation is 1. The summed E-state index contributed by atoms with van der Waals surface area (Å²) < 4.78 is 5.40. The third kappa shape index (κ3) is 4.21. The van der Waals surface area contributed by atoms with Gasteiger partial charge in [0.1, 0.15) is 11.6 Å². The van der Waals surface area contributed by atoms with Crippen LogP contribution in [0.4, 0.5) is 0 Å². The van der Waals surface area contributed by atoms with E-state index in [1.807, 2.05) is 13.1 Å². The summed E-state index contributed by atoms with van der Waals surface area (Å²) in [6, 6.07) is 25.7. The van der Waals surface area contributed by atoms with E-state index >= 15 is 0 Å². The highest BCUT2D eigenvalue weighted by Crippen LogP contribution is 2.40. The number of ether oxygens (including phenoxy) is 1. The lowest BCUT2D eigenvalue weighted by molar-refractivity contribution is 0.323. The van der Waals surface area contributed by atoms with Crippen LogP contribution < -0.4 is 4.74 Å². The summed E-state index contributed by atoms with van der Waals surface area (Å²) in [5.41, 5.74) is 7.96. The number of likely N-dealkylation sites (tertiary alicyclic amines) is 1. The van der Waals surface area contributed by atoms with Crippen molar-refractivity contribution >= 4 is 11.0 Å². The number of nitrogens with zero attached hydrogens (tertiary/aromatic N) is 3. The Morgan fingerprint density at radius 1 is 0.971 bits per heavy atom. The van der Waals surface area contributed by atoms with Gasteiger partial charge in [-0.15, -0.1) is 0 Å². The standard InChI is InChI=1S/C29H29N5O/c1-19-24(15-30-33-19)22-10-13-27-28(14-22)32-29(31-27)26-18-34(16-20-6-4-3-5-7-20)17-25(26)21-8-11-23(35-2)12-9-21/h3-15,25-26H,16-18H2,1-2H3,(H,30,33)(H,31,32). The third-order valence-electron chi connectivity index (χ3n) is 7.18. The number of methoxy groups -OCH3 is 1. The zero-order chi connectivity index (χ0) is 23.8. The minimum atomic E-state index is 0.276. The maximum Gasteiger partial charge on any atom is 0.118 e. The Balaban J connectivity index is 1.34. The molecule has 1 fully saturated rings. The second-order valence-corrected chi connectivity index (χ2v) is 9.40. The van der Waals surface area contributed by atoms with Gasteiger partial charge in [-0.05, 0) is 47.9 Å². The van der Waals surface area contributed by atoms with Gasteiger partial charge in [-0.1, -0.05) is 48.5 Å². The first kappa shape index (κ1) is 21.6. The van der Waals surface area contributed by atoms with Crippen molar-refractivity contribution < 1.29 is 4.74 Å². The maximum atomic E-state index is 5.40. The van der Waals surface area contributed by atoms with E-state index in [-0.39, 0.29) is 5.92 Å². The summed E-state index contributed by atoms with van der Waals surface area (Å²) in [4.78, 5) is 11.3. The van der Waals surface area contributed by atoms with Crippen LogP contribution in [0.5, 0.6) is 5.75 Å². The molecule has 3 aromatic carbocycles. The molecule has 2 unspecified atom stereocenters. The fourth-order valence-electron chi connectivity index (χ4n) is 5.34. The number of imidazole rings is 1. The number of rotatable bonds is 6. The Morgan fingerprint density at radius 2 is 1.77 bits per heavy atom. The van der Waals surface area contributed by atoms with E-state index in [0.717, 1.165) is 59.1 Å². The molecule has 6 nitrogen and oxygen atoms in total. The molecule has 0 bridgehead atoms. The predicted octanol–water partition coefficient (Wildman–Crippen LogP) is 5.65. The first-order valence-electron chi connectivity index (χ1n) is 12.1. The largest absolute Gasteiger partial charge is 0.497 e. The van der Waals surface area contributed by atoms with E-state index in [9.17, 15) is 0 Å². The van der Waals surface area contributed by atoms with Gasteiger partial charge in [0.05, 0.1) is 23.8 Å². The number of aromatic amines is 2. The van der Waals surface area contributed by atoms with Crippen LogP contribution in [-0.2, 0) is 6.54 Å². The zero-order valence-electron chi connectivity index (χ0n) is 20.0. The number of benzene rings is 3. The molecule has 2 atom stereocenters. The van der Waals surface area contributed by atoms with Gasteiger partial charge in [0.2, 0.25) is 0 Å². The smallest absolute Gasteiger partial charge is 0.118 e. The lowest BCUT2D eigenvalue weighted by atomic mass is 9.88. The van der Waals surface area contributed by atoms with Gasteiger partial charge in [-0.25, -0.2) is 4.98 Å². The van der Waals surface area contributed by atoms with Crippen LogP contribution in [0.15, 0.2) is 79.0 Å². The van der Waals surface area contributed by atoms with Crippen LogP contribution in [0, 0.1) is 6.92 Å². The number of fused-ring (bicyclic) bond motifs is 1. The molecule has 1 saturated heterocycles. The monoisotopic (exact) mass is 463 g/mol. The van der Waals surface area contributed by atoms with Crippen LogP contribution in [0.25, 0.3) is 22.2 Å². The second-order valence-electron chi connectivity index (χ2n) is 9.40. The summed E-state index contributed by atoms with van der Waals surface area (Å²) in [5, 5.41) is 7.23. The summed E-state index contributed by atoms with van der Waals surface area (Å²) in [7, 11) is 1.71. The molecule has 2 N–H and O–H groups in total. The normalized spacial score (nSPS) is 18.3. The van der Waals surface area contributed by atoms with Crippen molar-refractivity contribution in [1.82, 2.24) is 25.1 Å². The molecule has 35 heavy (non-hydrogen) atoms. The molecule has 6 heteroatoms. The second kappa shape index (κ2) is 9.04. The van der Waals surface area contributed by atoms with Crippen molar-refractivity contribution in [2.24, 2.45) is 0 Å². The lowest BCUT2D eigenvalue weighted by Gasteiger charge is -2.17. The molecule has 0 saturated carbocycles. The van der Waals surface area contributed by atoms with Gasteiger partial charge < -0.3 is 9.72 Å². The Morgan fingerprint density at radius 3 is 2.51 bits per heavy atom. The molecule has 0 radical (unpaired) electrons. The number of nitrogens with one attached hydrogen (secondary N) is 2. The average Bonchev–Trinajstić information content (AvgIpc) is 3.62. The van der Waals surface area contributed by atoms with E-state index in [1.165, 1.54) is 11.1 Å². The molecule has 1 aliphatic heterocycles. The van der Waals surface area contributed by atoms with E-state index < -0.39 is 0 Å². The third-order valence-corrected chi connectivity index (χ3v) is 7.18. The van der Waals surface area contributed by atoms with Gasteiger partial charge in [0.25, 0.3) is 0 Å². The van der Waals surface area contributed by atoms with E-state index in [2.05, 4.69) is 92.9 Å². The van der Waals surface area contributed by atoms with Crippen LogP contribution in [-0.4, -0.2) is 45.3 Å². The van der Waals surface area contributed by atoms with Crippen molar-refractivity contribution in [3.63, 3.8) is 0 Å². The summed E-state index contributed by atoms with van der Waals surface area (Å²) in [6.45, 7) is 4.90. The van der Waals surface area contributed by atoms with Gasteiger partial charge in [-0.2, -0.15) is 5.10 Å². The minimum absolute atomic E-state index is 0.276. The minimum Gasteiger partial charge on any atom is -0.497 e. The van der Waals surface area contributed by atoms with Crippen LogP contribution in [0.1, 0.15) is 34.5 Å². The lowest BCUT2D eigenvalue weighted by Crippen LogP contribution is -2.20. The zero-order valence-corrected chi connectivity index (χ0v) is 20.0. The van der Waals surface area contributed by atoms with Crippen molar-refractivity contribution in [2.75, 3.05) is 20.2 Å². The fraction of sp³-hybridized carbons (Fsp3) is 0.241. The van der Waals surface area contributed by atoms with Gasteiger partial charge in [0.15, 0.2) is 0 Å². The quantitative estimate of drug-likeness (QED) is 0.341. The molecule has 0 aliphatic carbocycles. The highest BCUT2D eigenvalue weighted by Gasteiger charge is 2.36. The number of H-pyrrole nitrogens is 2. The van der Waals surface area contributed by atoms with Crippen LogP contribution in [0.3, 0.4) is 0 Å². The summed E-state index contributed by atoms with van der Waals surface area (Å²) >= 11 is 0. The topological polar surface area (TPSA) is 69.8 Å². The maximum absolute atomic E-state index is 5.40. The first-order chi connectivity index (χ1) is 17.2. The van der Waals surface area contributed by atoms with Crippen molar-refractivity contribution in [1.29, 1.82) is 0 Å². The molecular weight excluding hydrogens is 434 g/mol. The van der Waals surface area contributed by atoms with Gasteiger partial charge in [0, 0.05) is 43.2 Å². The molecule has 1 aliphatic rings. The van der Waals surface area contributed by atoms with Crippen molar-refractivity contribution in [3.8, 4) is 16.9 Å². The molecule has 5 aromatic rings. The Kier molecular flexibility index (Phi) is 5.58. The highest BCUT2D eigenvalue weighted by atomic mass is 16.5. The fourth-order valence-corrected chi connectivity index (χ4v) is 5.34. The molecule has 0 spiro atoms. The average molecular weight is 464 g/mol. The molecule has 3 heterocycles. The number of aromatic nitrogens is 4. The van der Waals surface area contributed by atoms with Crippen molar-refractivity contribution in [3.05, 3.63) is 102 Å². The first-order valence-corrected chi connectivity index (χ1v) is 12.1. The Hall–Kier alpha value is -3.90. The van der Waals surface area contributed by atoms with E-state index in [1.54, 1.807) is 7.11 Å². The molecule has 0 amide bonds. The van der Waals surface area contributed by atoms with Crippen LogP contribution >= 0.6 is 0 Å². The van der Waals surface area contributed by atoms with E-state index in [0.29, 0.717) is 5.92 Å². The highest BCUT2D eigenvalue weighted by molar-refractivity contribution is 5.82. The summed E-state index contributed by atoms with van der Waals surface area (Å²) in [5.74, 6) is 2.56. The van der Waals surface area contributed by atoms with Gasteiger partial charge >= 0.3 is 0 Å². The Labute approximate surface area is 205 Å². The predicted molar refractivity (Wildman–Crippen MR) is 139 cm³/mol. The molecule has 176 valence electrons. The number of hydrogen-bond donors (Lipinski definition) is 2. The van der Waals surface area contributed by atoms with E-state index in [4.69, 9.17) is 9.72 Å². The summed E-state index contributed by atoms with van der Waals surface area (Å²) in [6.07, 6.45) is 1.95. The van der Waals surface area contributed by atoms with Gasteiger partial charge in [-0.3, -0.25) is 10.00 Å². The molecule has 6 rings (SSSR count). The molecule has 2 aromatic heterocycles. The molecular formula is C29H29N5O. The SMILES string of the molecule is COc1ccc(C2CN(Cc3ccccc3)CC2c2nc3cc(-c4c[nH]nc4C)ccc3[nH]2)cc1. The van der Waals surface area contributed by atoms with Crippen LogP contribution in [0.2, 0.25) is 0 Å². The Bertz CT molecular complexity index is 1440. The van der Waals surface area contributed by atoms with Crippen molar-refractivity contribution in [2.45, 2.75) is 25.3 Å².